The Hall–Kier alpha value is -3.19. The minimum atomic E-state index is -0.208. The minimum Gasteiger partial charge on any atom is -0.380 e. The molecule has 5 atom stereocenters. The van der Waals surface area contributed by atoms with E-state index in [1.165, 1.54) is 5.56 Å². The van der Waals surface area contributed by atoms with Crippen molar-refractivity contribution in [1.29, 1.82) is 0 Å². The first-order valence-corrected chi connectivity index (χ1v) is 12.5. The molecule has 2 aromatic carbocycles. The van der Waals surface area contributed by atoms with Crippen LogP contribution in [0.5, 0.6) is 0 Å². The number of amides is 3. The van der Waals surface area contributed by atoms with Crippen LogP contribution in [0.3, 0.4) is 0 Å². The van der Waals surface area contributed by atoms with Crippen LogP contribution in [0, 0.1) is 11.8 Å². The van der Waals surface area contributed by atoms with E-state index in [4.69, 9.17) is 4.74 Å². The normalized spacial score (nSPS) is 27.7. The second-order valence-corrected chi connectivity index (χ2v) is 10.1. The van der Waals surface area contributed by atoms with E-state index in [0.29, 0.717) is 43.2 Å². The Morgan fingerprint density at radius 1 is 0.886 bits per heavy atom. The summed E-state index contributed by atoms with van der Waals surface area (Å²) in [6.45, 7) is 4.28. The van der Waals surface area contributed by atoms with Gasteiger partial charge in [-0.05, 0) is 48.6 Å². The maximum Gasteiger partial charge on any atom is 0.253 e. The molecule has 2 aromatic rings. The second-order valence-electron chi connectivity index (χ2n) is 10.1. The van der Waals surface area contributed by atoms with Crippen molar-refractivity contribution in [2.75, 3.05) is 33.3 Å². The maximum absolute atomic E-state index is 13.1. The molecule has 1 N–H and O–H groups in total. The Kier molecular flexibility index (Phi) is 6.60. The van der Waals surface area contributed by atoms with E-state index in [2.05, 4.69) is 17.4 Å². The molecule has 3 fully saturated rings. The van der Waals surface area contributed by atoms with Crippen LogP contribution in [-0.4, -0.2) is 73.0 Å². The van der Waals surface area contributed by atoms with Crippen LogP contribution in [0.2, 0.25) is 0 Å². The molecule has 3 aliphatic rings. The van der Waals surface area contributed by atoms with Gasteiger partial charge in [-0.2, -0.15) is 0 Å². The molecule has 1 saturated carbocycles. The van der Waals surface area contributed by atoms with Gasteiger partial charge < -0.3 is 19.9 Å². The van der Waals surface area contributed by atoms with Crippen molar-refractivity contribution in [3.8, 4) is 0 Å². The van der Waals surface area contributed by atoms with Gasteiger partial charge in [-0.3, -0.25) is 14.4 Å². The van der Waals surface area contributed by atoms with Crippen LogP contribution in [-0.2, 0) is 9.53 Å². The number of likely N-dealkylation sites (tertiary alicyclic amines) is 2. The number of carbonyl (C=O) groups excluding carboxylic acids is 3. The van der Waals surface area contributed by atoms with Crippen molar-refractivity contribution in [3.05, 3.63) is 71.3 Å². The van der Waals surface area contributed by atoms with E-state index in [-0.39, 0.29) is 41.7 Å². The number of benzene rings is 2. The molecule has 0 aromatic heterocycles. The highest BCUT2D eigenvalue weighted by atomic mass is 16.5. The number of ether oxygens (including phenoxy) is 1. The fourth-order valence-corrected chi connectivity index (χ4v) is 5.41. The smallest absolute Gasteiger partial charge is 0.253 e. The van der Waals surface area contributed by atoms with Gasteiger partial charge in [0.1, 0.15) is 0 Å². The van der Waals surface area contributed by atoms with Crippen LogP contribution < -0.4 is 5.32 Å². The van der Waals surface area contributed by atoms with E-state index in [0.717, 1.165) is 12.8 Å². The molecule has 184 valence electrons. The predicted molar refractivity (Wildman–Crippen MR) is 132 cm³/mol. The average molecular weight is 476 g/mol. The number of methoxy groups -OCH3 is 1. The second kappa shape index (κ2) is 9.82. The molecule has 7 nitrogen and oxygen atoms in total. The van der Waals surface area contributed by atoms with Crippen molar-refractivity contribution in [2.45, 2.75) is 37.8 Å². The Bertz CT molecular complexity index is 1090. The Labute approximate surface area is 206 Å². The first-order chi connectivity index (χ1) is 16.9. The Morgan fingerprint density at radius 3 is 2.17 bits per heavy atom. The number of rotatable bonds is 6. The fraction of sp³-hybridized carbons (Fsp3) is 0.464. The largest absolute Gasteiger partial charge is 0.380 e. The highest BCUT2D eigenvalue weighted by molar-refractivity contribution is 5.98. The van der Waals surface area contributed by atoms with Crippen LogP contribution in [0.15, 0.2) is 54.6 Å². The number of nitrogens with one attached hydrogen (secondary N) is 1. The van der Waals surface area contributed by atoms with E-state index >= 15 is 0 Å². The van der Waals surface area contributed by atoms with Crippen molar-refractivity contribution in [3.63, 3.8) is 0 Å². The van der Waals surface area contributed by atoms with Crippen LogP contribution in [0.25, 0.3) is 0 Å². The van der Waals surface area contributed by atoms with Gasteiger partial charge in [0.15, 0.2) is 0 Å². The van der Waals surface area contributed by atoms with E-state index in [1.54, 1.807) is 41.2 Å². The standard InChI is InChI=1S/C28H33N3O4/c1-18-15-31(17-24(18)26(32)29-25-14-23(25)19-6-4-3-5-7-19)28(34)21-10-8-20(9-11-21)27(33)30-13-12-22(16-30)35-2/h3-11,18,22-25H,12-17H2,1-2H3,(H,29,32)/t18-,22-,23-,24-,25+/m1/s1. The summed E-state index contributed by atoms with van der Waals surface area (Å²) in [5, 5.41) is 3.20. The van der Waals surface area contributed by atoms with Gasteiger partial charge in [-0.1, -0.05) is 37.3 Å². The van der Waals surface area contributed by atoms with Gasteiger partial charge in [0, 0.05) is 56.4 Å². The molecule has 0 radical (unpaired) electrons. The molecule has 0 bridgehead atoms. The summed E-state index contributed by atoms with van der Waals surface area (Å²) in [5.74, 6) is 0.177. The van der Waals surface area contributed by atoms with Crippen molar-refractivity contribution < 1.29 is 19.1 Å². The number of carbonyl (C=O) groups is 3. The molecule has 0 unspecified atom stereocenters. The van der Waals surface area contributed by atoms with E-state index in [1.807, 2.05) is 25.1 Å². The van der Waals surface area contributed by atoms with Crippen LogP contribution in [0.1, 0.15) is 52.0 Å². The summed E-state index contributed by atoms with van der Waals surface area (Å²) in [6, 6.07) is 17.3. The molecular formula is C28H33N3O4. The van der Waals surface area contributed by atoms with Crippen molar-refractivity contribution in [2.24, 2.45) is 11.8 Å². The predicted octanol–water partition coefficient (Wildman–Crippen LogP) is 2.93. The average Bonchev–Trinajstić information content (AvgIpc) is 3.29. The summed E-state index contributed by atoms with van der Waals surface area (Å²) in [4.78, 5) is 42.4. The summed E-state index contributed by atoms with van der Waals surface area (Å²) in [7, 11) is 1.67. The van der Waals surface area contributed by atoms with E-state index < -0.39 is 0 Å². The van der Waals surface area contributed by atoms with Gasteiger partial charge in [-0.15, -0.1) is 0 Å². The van der Waals surface area contributed by atoms with Gasteiger partial charge in [0.2, 0.25) is 5.91 Å². The third-order valence-electron chi connectivity index (χ3n) is 7.73. The fourth-order valence-electron chi connectivity index (χ4n) is 5.41. The lowest BCUT2D eigenvalue weighted by molar-refractivity contribution is -0.125. The Morgan fingerprint density at radius 2 is 1.54 bits per heavy atom. The Balaban J connectivity index is 1.16. The first-order valence-electron chi connectivity index (χ1n) is 12.5. The lowest BCUT2D eigenvalue weighted by Crippen LogP contribution is -2.37. The molecular weight excluding hydrogens is 442 g/mol. The SMILES string of the molecule is CO[C@@H]1CCN(C(=O)c2ccc(C(=O)N3C[C@@H](C)[C@H](C(=O)N[C@H]4C[C@@H]4c4ccccc4)C3)cc2)C1. The summed E-state index contributed by atoms with van der Waals surface area (Å²) in [5.41, 5.74) is 2.37. The lowest BCUT2D eigenvalue weighted by Gasteiger charge is -2.18. The molecule has 2 saturated heterocycles. The third kappa shape index (κ3) is 4.96. The molecule has 0 spiro atoms. The highest BCUT2D eigenvalue weighted by Crippen LogP contribution is 2.41. The number of hydrogen-bond donors (Lipinski definition) is 1. The van der Waals surface area contributed by atoms with Gasteiger partial charge in [0.25, 0.3) is 11.8 Å². The molecule has 5 rings (SSSR count). The monoisotopic (exact) mass is 475 g/mol. The minimum absolute atomic E-state index is 0.0380. The molecule has 1 aliphatic carbocycles. The van der Waals surface area contributed by atoms with Crippen molar-refractivity contribution >= 4 is 17.7 Å². The summed E-state index contributed by atoms with van der Waals surface area (Å²) < 4.78 is 5.35. The summed E-state index contributed by atoms with van der Waals surface area (Å²) >= 11 is 0. The molecule has 7 heteroatoms. The zero-order valence-electron chi connectivity index (χ0n) is 20.4. The number of nitrogens with zero attached hydrogens (tertiary/aromatic N) is 2. The molecule has 2 aliphatic heterocycles. The van der Waals surface area contributed by atoms with Crippen LogP contribution >= 0.6 is 0 Å². The third-order valence-corrected chi connectivity index (χ3v) is 7.73. The first kappa shape index (κ1) is 23.5. The lowest BCUT2D eigenvalue weighted by atomic mass is 9.97. The molecule has 35 heavy (non-hydrogen) atoms. The van der Waals surface area contributed by atoms with Crippen LogP contribution in [0.4, 0.5) is 0 Å². The summed E-state index contributed by atoms with van der Waals surface area (Å²) in [6.07, 6.45) is 1.90. The highest BCUT2D eigenvalue weighted by Gasteiger charge is 2.43. The molecule has 3 amide bonds. The number of hydrogen-bond acceptors (Lipinski definition) is 4. The zero-order chi connectivity index (χ0) is 24.5. The quantitative estimate of drug-likeness (QED) is 0.697. The maximum atomic E-state index is 13.1. The van der Waals surface area contributed by atoms with Gasteiger partial charge >= 0.3 is 0 Å². The van der Waals surface area contributed by atoms with Crippen molar-refractivity contribution in [1.82, 2.24) is 15.1 Å². The van der Waals surface area contributed by atoms with Gasteiger partial charge in [-0.25, -0.2) is 0 Å². The van der Waals surface area contributed by atoms with Gasteiger partial charge in [0.05, 0.1) is 12.0 Å². The van der Waals surface area contributed by atoms with E-state index in [9.17, 15) is 14.4 Å². The molecule has 2 heterocycles. The topological polar surface area (TPSA) is 79.0 Å². The zero-order valence-corrected chi connectivity index (χ0v) is 20.4.